The molecule has 0 saturated carbocycles. The number of hydrogen-bond donors (Lipinski definition) is 2. The molecule has 0 aliphatic carbocycles. The molecule has 1 aromatic carbocycles. The lowest BCUT2D eigenvalue weighted by atomic mass is 10.3. The summed E-state index contributed by atoms with van der Waals surface area (Å²) in [5.74, 6) is -1.92. The van der Waals surface area contributed by atoms with Crippen molar-refractivity contribution in [2.24, 2.45) is 0 Å². The number of rotatable bonds is 5. The van der Waals surface area contributed by atoms with Crippen LogP contribution in [-0.2, 0) is 14.6 Å². The first-order valence-electron chi connectivity index (χ1n) is 5.83. The van der Waals surface area contributed by atoms with E-state index in [0.717, 1.165) is 18.2 Å². The third kappa shape index (κ3) is 4.20. The molecule has 0 aliphatic rings. The molecule has 19 heavy (non-hydrogen) atoms. The molecule has 0 heterocycles. The van der Waals surface area contributed by atoms with E-state index >= 15 is 0 Å². The molecular formula is C12H17FN2O3S. The number of amides is 1. The van der Waals surface area contributed by atoms with Gasteiger partial charge in [-0.05, 0) is 31.5 Å². The van der Waals surface area contributed by atoms with Gasteiger partial charge in [-0.2, -0.15) is 0 Å². The highest BCUT2D eigenvalue weighted by Crippen LogP contribution is 2.20. The van der Waals surface area contributed by atoms with E-state index in [9.17, 15) is 17.6 Å². The van der Waals surface area contributed by atoms with Gasteiger partial charge < -0.3 is 11.1 Å². The summed E-state index contributed by atoms with van der Waals surface area (Å²) in [6.07, 6.45) is 0.699. The van der Waals surface area contributed by atoms with E-state index in [2.05, 4.69) is 5.32 Å². The smallest absolute Gasteiger partial charge is 0.235 e. The van der Waals surface area contributed by atoms with Crippen LogP contribution in [0, 0.1) is 5.82 Å². The maximum Gasteiger partial charge on any atom is 0.235 e. The zero-order chi connectivity index (χ0) is 14.6. The van der Waals surface area contributed by atoms with E-state index in [0.29, 0.717) is 6.42 Å². The van der Waals surface area contributed by atoms with Gasteiger partial charge in [-0.15, -0.1) is 0 Å². The fourth-order valence-electron chi connectivity index (χ4n) is 1.47. The first-order valence-corrected chi connectivity index (χ1v) is 7.48. The van der Waals surface area contributed by atoms with Crippen LogP contribution in [-0.4, -0.2) is 26.1 Å². The Bertz CT molecular complexity index is 572. The lowest BCUT2D eigenvalue weighted by molar-refractivity contribution is -0.119. The third-order valence-electron chi connectivity index (χ3n) is 2.65. The number of sulfone groups is 1. The van der Waals surface area contributed by atoms with Gasteiger partial charge in [0.25, 0.3) is 0 Å². The van der Waals surface area contributed by atoms with E-state index in [1.807, 2.05) is 6.92 Å². The topological polar surface area (TPSA) is 89.3 Å². The normalized spacial score (nSPS) is 13.0. The average Bonchev–Trinajstić information content (AvgIpc) is 2.26. The zero-order valence-corrected chi connectivity index (χ0v) is 11.6. The van der Waals surface area contributed by atoms with Crippen LogP contribution in [0.2, 0.25) is 0 Å². The van der Waals surface area contributed by atoms with Gasteiger partial charge in [-0.1, -0.05) is 6.92 Å². The summed E-state index contributed by atoms with van der Waals surface area (Å²) in [6, 6.07) is 2.87. The quantitative estimate of drug-likeness (QED) is 0.627. The number of nitrogens with two attached hydrogens (primary N) is 1. The molecular weight excluding hydrogens is 271 g/mol. The van der Waals surface area contributed by atoms with Gasteiger partial charge in [0.1, 0.15) is 11.6 Å². The molecule has 0 fully saturated rings. The highest BCUT2D eigenvalue weighted by Gasteiger charge is 2.22. The van der Waals surface area contributed by atoms with Crippen LogP contribution in [0.25, 0.3) is 0 Å². The third-order valence-corrected chi connectivity index (χ3v) is 4.33. The van der Waals surface area contributed by atoms with Gasteiger partial charge in [0.2, 0.25) is 5.91 Å². The van der Waals surface area contributed by atoms with Gasteiger partial charge in [0.15, 0.2) is 9.84 Å². The Labute approximate surface area is 111 Å². The Balaban J connectivity index is 2.90. The molecule has 1 aromatic rings. The molecule has 0 saturated heterocycles. The second-order valence-corrected chi connectivity index (χ2v) is 6.28. The van der Waals surface area contributed by atoms with Crippen molar-refractivity contribution < 1.29 is 17.6 Å². The van der Waals surface area contributed by atoms with Crippen LogP contribution >= 0.6 is 0 Å². The van der Waals surface area contributed by atoms with Gasteiger partial charge in [0, 0.05) is 6.04 Å². The largest absolute Gasteiger partial charge is 0.398 e. The van der Waals surface area contributed by atoms with Crippen molar-refractivity contribution in [2.45, 2.75) is 31.2 Å². The summed E-state index contributed by atoms with van der Waals surface area (Å²) in [6.45, 7) is 3.65. The summed E-state index contributed by atoms with van der Waals surface area (Å²) in [7, 11) is -3.86. The number of halogens is 1. The van der Waals surface area contributed by atoms with Crippen molar-refractivity contribution in [3.05, 3.63) is 24.0 Å². The van der Waals surface area contributed by atoms with E-state index < -0.39 is 27.3 Å². The molecule has 7 heteroatoms. The molecule has 0 bridgehead atoms. The molecule has 106 valence electrons. The van der Waals surface area contributed by atoms with E-state index in [1.165, 1.54) is 0 Å². The van der Waals surface area contributed by atoms with E-state index in [1.54, 1.807) is 6.92 Å². The molecule has 1 amide bonds. The molecule has 1 atom stereocenters. The molecule has 3 N–H and O–H groups in total. The molecule has 0 aromatic heterocycles. The Hall–Kier alpha value is -1.63. The van der Waals surface area contributed by atoms with Crippen LogP contribution in [0.4, 0.5) is 10.1 Å². The van der Waals surface area contributed by atoms with Gasteiger partial charge in [0.05, 0.1) is 10.6 Å². The number of benzene rings is 1. The maximum atomic E-state index is 12.9. The highest BCUT2D eigenvalue weighted by atomic mass is 32.2. The summed E-state index contributed by atoms with van der Waals surface area (Å²) in [5.41, 5.74) is 5.26. The van der Waals surface area contributed by atoms with Crippen molar-refractivity contribution in [2.75, 3.05) is 11.5 Å². The van der Waals surface area contributed by atoms with Crippen molar-refractivity contribution in [3.63, 3.8) is 0 Å². The standard InChI is InChI=1S/C12H17FN2O3S/c1-3-8(2)15-12(16)7-19(17,18)11-5-4-9(13)6-10(11)14/h4-6,8H,3,7,14H2,1-2H3,(H,15,16). The summed E-state index contributed by atoms with van der Waals surface area (Å²) in [4.78, 5) is 11.3. The fourth-order valence-corrected chi connectivity index (χ4v) is 2.75. The van der Waals surface area contributed by atoms with Crippen LogP contribution in [0.15, 0.2) is 23.1 Å². The number of nitrogens with one attached hydrogen (secondary N) is 1. The lowest BCUT2D eigenvalue weighted by Gasteiger charge is -2.12. The molecule has 5 nitrogen and oxygen atoms in total. The summed E-state index contributed by atoms with van der Waals surface area (Å²) >= 11 is 0. The van der Waals surface area contributed by atoms with E-state index in [4.69, 9.17) is 5.73 Å². The molecule has 1 unspecified atom stereocenters. The SMILES string of the molecule is CCC(C)NC(=O)CS(=O)(=O)c1ccc(F)cc1N. The van der Waals surface area contributed by atoms with E-state index in [-0.39, 0.29) is 16.6 Å². The summed E-state index contributed by atoms with van der Waals surface area (Å²) in [5, 5.41) is 2.55. The van der Waals surface area contributed by atoms with Gasteiger partial charge in [-0.25, -0.2) is 12.8 Å². The first-order chi connectivity index (χ1) is 8.76. The number of carbonyl (C=O) groups excluding carboxylic acids is 1. The predicted octanol–water partition coefficient (Wildman–Crippen LogP) is 1.10. The second kappa shape index (κ2) is 6.01. The van der Waals surface area contributed by atoms with Crippen LogP contribution < -0.4 is 11.1 Å². The van der Waals surface area contributed by atoms with Crippen LogP contribution in [0.1, 0.15) is 20.3 Å². The minimum absolute atomic E-state index is 0.103. The zero-order valence-electron chi connectivity index (χ0n) is 10.8. The van der Waals surface area contributed by atoms with Gasteiger partial charge >= 0.3 is 0 Å². The minimum Gasteiger partial charge on any atom is -0.398 e. The van der Waals surface area contributed by atoms with Crippen molar-refractivity contribution >= 4 is 21.4 Å². The Morgan fingerprint density at radius 1 is 1.47 bits per heavy atom. The van der Waals surface area contributed by atoms with Crippen LogP contribution in [0.3, 0.4) is 0 Å². The number of anilines is 1. The van der Waals surface area contributed by atoms with Crippen LogP contribution in [0.5, 0.6) is 0 Å². The minimum atomic E-state index is -3.86. The first kappa shape index (κ1) is 15.4. The molecule has 0 radical (unpaired) electrons. The molecule has 1 rings (SSSR count). The average molecular weight is 288 g/mol. The van der Waals surface area contributed by atoms with Crippen molar-refractivity contribution in [1.29, 1.82) is 0 Å². The lowest BCUT2D eigenvalue weighted by Crippen LogP contribution is -2.36. The van der Waals surface area contributed by atoms with Gasteiger partial charge in [-0.3, -0.25) is 4.79 Å². The maximum absolute atomic E-state index is 12.9. The molecule has 0 spiro atoms. The Kier molecular flexibility index (Phi) is 4.88. The number of hydrogen-bond acceptors (Lipinski definition) is 4. The summed E-state index contributed by atoms with van der Waals surface area (Å²) < 4.78 is 36.8. The van der Waals surface area contributed by atoms with Crippen molar-refractivity contribution in [1.82, 2.24) is 5.32 Å². The molecule has 0 aliphatic heterocycles. The second-order valence-electron chi connectivity index (χ2n) is 4.32. The highest BCUT2D eigenvalue weighted by molar-refractivity contribution is 7.92. The monoisotopic (exact) mass is 288 g/mol. The van der Waals surface area contributed by atoms with Crippen molar-refractivity contribution in [3.8, 4) is 0 Å². The fraction of sp³-hybridized carbons (Fsp3) is 0.417. The number of carbonyl (C=O) groups is 1. The Morgan fingerprint density at radius 3 is 2.63 bits per heavy atom. The predicted molar refractivity (Wildman–Crippen MR) is 70.8 cm³/mol. The number of nitrogen functional groups attached to an aromatic ring is 1. The Morgan fingerprint density at radius 2 is 2.11 bits per heavy atom.